The van der Waals surface area contributed by atoms with Crippen molar-refractivity contribution in [3.63, 3.8) is 0 Å². The number of rotatable bonds is 5. The van der Waals surface area contributed by atoms with Crippen molar-refractivity contribution in [2.45, 2.75) is 30.3 Å². The smallest absolute Gasteiger partial charge is 0.269 e. The fourth-order valence-corrected chi connectivity index (χ4v) is 5.57. The predicted octanol–water partition coefficient (Wildman–Crippen LogP) is 3.71. The van der Waals surface area contributed by atoms with Gasteiger partial charge < -0.3 is 4.42 Å². The van der Waals surface area contributed by atoms with E-state index < -0.39 is 33.5 Å². The first kappa shape index (κ1) is 20.4. The lowest BCUT2D eigenvalue weighted by molar-refractivity contribution is 0.0864. The van der Waals surface area contributed by atoms with E-state index in [1.165, 1.54) is 18.4 Å². The topological polar surface area (TPSA) is 87.9 Å². The number of sulfonamides is 1. The van der Waals surface area contributed by atoms with Gasteiger partial charge in [-0.1, -0.05) is 0 Å². The number of hydrogen-bond donors (Lipinski definition) is 0. The Morgan fingerprint density at radius 2 is 1.91 bits per heavy atom. The standard InChI is InChI=1S/C22H16F2N2O5S/c23-14-4-8-19(18(24)11-14)25(12-16-2-1-9-31-16)21(27)13-3-7-17-20(10-13)32(29,30)26(22(17)28)15-5-6-15/h1-4,7-11,15H,5-6,12H2. The van der Waals surface area contributed by atoms with Gasteiger partial charge in [-0.3, -0.25) is 14.5 Å². The van der Waals surface area contributed by atoms with Gasteiger partial charge in [-0.15, -0.1) is 0 Å². The molecule has 164 valence electrons. The Morgan fingerprint density at radius 1 is 1.12 bits per heavy atom. The summed E-state index contributed by atoms with van der Waals surface area (Å²) in [5.41, 5.74) is -0.265. The molecule has 1 aliphatic carbocycles. The molecule has 0 unspecified atom stereocenters. The zero-order chi connectivity index (χ0) is 22.6. The van der Waals surface area contributed by atoms with Crippen LogP contribution in [0.4, 0.5) is 14.5 Å². The van der Waals surface area contributed by atoms with Gasteiger partial charge in [0.25, 0.3) is 21.8 Å². The molecule has 1 aromatic heterocycles. The van der Waals surface area contributed by atoms with Crippen LogP contribution in [0.3, 0.4) is 0 Å². The van der Waals surface area contributed by atoms with E-state index in [-0.39, 0.29) is 34.3 Å². The molecule has 2 amide bonds. The number of halogens is 2. The number of carbonyl (C=O) groups excluding carboxylic acids is 2. The van der Waals surface area contributed by atoms with Gasteiger partial charge in [-0.25, -0.2) is 21.5 Å². The summed E-state index contributed by atoms with van der Waals surface area (Å²) in [6, 6.07) is 9.34. The van der Waals surface area contributed by atoms with Crippen molar-refractivity contribution < 1.29 is 31.2 Å². The number of nitrogens with zero attached hydrogens (tertiary/aromatic N) is 2. The van der Waals surface area contributed by atoms with Crippen molar-refractivity contribution in [1.82, 2.24) is 4.31 Å². The molecule has 0 bridgehead atoms. The minimum absolute atomic E-state index is 0.000928. The van der Waals surface area contributed by atoms with E-state index in [1.54, 1.807) is 12.1 Å². The van der Waals surface area contributed by atoms with Crippen molar-refractivity contribution in [3.05, 3.63) is 83.3 Å². The van der Waals surface area contributed by atoms with Crippen LogP contribution in [-0.4, -0.2) is 30.6 Å². The van der Waals surface area contributed by atoms with Gasteiger partial charge in [0.05, 0.1) is 24.1 Å². The molecule has 1 fully saturated rings. The van der Waals surface area contributed by atoms with E-state index in [4.69, 9.17) is 4.42 Å². The molecule has 0 radical (unpaired) electrons. The molecule has 0 N–H and O–H groups in total. The summed E-state index contributed by atoms with van der Waals surface area (Å²) in [7, 11) is -4.07. The molecule has 32 heavy (non-hydrogen) atoms. The first-order chi connectivity index (χ1) is 15.3. The number of hydrogen-bond acceptors (Lipinski definition) is 5. The number of furan rings is 1. The Morgan fingerprint density at radius 3 is 2.56 bits per heavy atom. The molecule has 7 nitrogen and oxygen atoms in total. The van der Waals surface area contributed by atoms with Crippen molar-refractivity contribution in [1.29, 1.82) is 0 Å². The van der Waals surface area contributed by atoms with Crippen LogP contribution in [0.2, 0.25) is 0 Å². The summed E-state index contributed by atoms with van der Waals surface area (Å²) < 4.78 is 59.9. The van der Waals surface area contributed by atoms with Crippen LogP contribution in [0.25, 0.3) is 0 Å². The van der Waals surface area contributed by atoms with E-state index in [0.29, 0.717) is 24.7 Å². The normalized spacial score (nSPS) is 16.8. The van der Waals surface area contributed by atoms with E-state index >= 15 is 0 Å². The van der Waals surface area contributed by atoms with Crippen LogP contribution < -0.4 is 4.90 Å². The van der Waals surface area contributed by atoms with Gasteiger partial charge in [0.1, 0.15) is 22.3 Å². The Hall–Kier alpha value is -3.53. The second-order valence-electron chi connectivity index (χ2n) is 7.61. The number of benzene rings is 2. The minimum atomic E-state index is -4.07. The summed E-state index contributed by atoms with van der Waals surface area (Å²) in [5.74, 6) is -2.78. The zero-order valence-electron chi connectivity index (χ0n) is 16.5. The first-order valence-corrected chi connectivity index (χ1v) is 11.2. The molecule has 2 aliphatic rings. The van der Waals surface area contributed by atoms with E-state index in [9.17, 15) is 26.8 Å². The third-order valence-corrected chi connectivity index (χ3v) is 7.29. The summed E-state index contributed by atoms with van der Waals surface area (Å²) in [6.07, 6.45) is 2.59. The molecule has 2 aromatic carbocycles. The van der Waals surface area contributed by atoms with Gasteiger partial charge in [-0.2, -0.15) is 0 Å². The second kappa shape index (κ2) is 7.27. The lowest BCUT2D eigenvalue weighted by Crippen LogP contribution is -2.32. The van der Waals surface area contributed by atoms with E-state index in [1.807, 2.05) is 0 Å². The lowest BCUT2D eigenvalue weighted by Gasteiger charge is -2.22. The maximum absolute atomic E-state index is 14.5. The molecule has 3 aromatic rings. The van der Waals surface area contributed by atoms with Gasteiger partial charge in [-0.05, 0) is 55.3 Å². The number of anilines is 1. The maximum atomic E-state index is 14.5. The highest BCUT2D eigenvalue weighted by atomic mass is 32.2. The Bertz CT molecular complexity index is 1350. The van der Waals surface area contributed by atoms with Crippen LogP contribution in [0.1, 0.15) is 39.3 Å². The third kappa shape index (κ3) is 3.27. The molecule has 0 atom stereocenters. The summed E-state index contributed by atoms with van der Waals surface area (Å²) >= 11 is 0. The quantitative estimate of drug-likeness (QED) is 0.582. The van der Waals surface area contributed by atoms with Crippen molar-refractivity contribution in [2.75, 3.05) is 4.90 Å². The second-order valence-corrected chi connectivity index (χ2v) is 9.40. The van der Waals surface area contributed by atoms with Gasteiger partial charge in [0, 0.05) is 17.7 Å². The highest BCUT2D eigenvalue weighted by Crippen LogP contribution is 2.40. The molecule has 1 aliphatic heterocycles. The first-order valence-electron chi connectivity index (χ1n) is 9.79. The van der Waals surface area contributed by atoms with Crippen molar-refractivity contribution >= 4 is 27.5 Å². The Labute approximate surface area is 181 Å². The van der Waals surface area contributed by atoms with Crippen molar-refractivity contribution in [2.24, 2.45) is 0 Å². The third-order valence-electron chi connectivity index (χ3n) is 5.41. The SMILES string of the molecule is O=C(c1ccc2c(c1)S(=O)(=O)N(C1CC1)C2=O)N(Cc1ccco1)c1ccc(F)cc1F. The predicted molar refractivity (Wildman–Crippen MR) is 108 cm³/mol. The fourth-order valence-electron chi connectivity index (χ4n) is 3.73. The average Bonchev–Trinajstić information content (AvgIpc) is 3.39. The average molecular weight is 458 g/mol. The summed E-state index contributed by atoms with van der Waals surface area (Å²) in [6.45, 7) is -0.175. The molecule has 1 saturated carbocycles. The molecule has 5 rings (SSSR count). The summed E-state index contributed by atoms with van der Waals surface area (Å²) in [4.78, 5) is 26.7. The van der Waals surface area contributed by atoms with Crippen LogP contribution in [0.15, 0.2) is 64.1 Å². The van der Waals surface area contributed by atoms with Crippen LogP contribution in [0.5, 0.6) is 0 Å². The molecular weight excluding hydrogens is 442 g/mol. The van der Waals surface area contributed by atoms with Gasteiger partial charge in [0.2, 0.25) is 0 Å². The molecular formula is C22H16F2N2O5S. The zero-order valence-corrected chi connectivity index (χ0v) is 17.3. The highest BCUT2D eigenvalue weighted by Gasteiger charge is 2.49. The van der Waals surface area contributed by atoms with Gasteiger partial charge >= 0.3 is 0 Å². The Kier molecular flexibility index (Phi) is 4.63. The van der Waals surface area contributed by atoms with E-state index in [2.05, 4.69) is 0 Å². The lowest BCUT2D eigenvalue weighted by atomic mass is 10.1. The number of fused-ring (bicyclic) bond motifs is 1. The number of carbonyl (C=O) groups is 2. The largest absolute Gasteiger partial charge is 0.467 e. The van der Waals surface area contributed by atoms with Crippen LogP contribution in [0, 0.1) is 11.6 Å². The minimum Gasteiger partial charge on any atom is -0.467 e. The van der Waals surface area contributed by atoms with Gasteiger partial charge in [0.15, 0.2) is 0 Å². The highest BCUT2D eigenvalue weighted by molar-refractivity contribution is 7.90. The molecule has 2 heterocycles. The molecule has 0 spiro atoms. The number of amides is 2. The molecule has 0 saturated heterocycles. The maximum Gasteiger partial charge on any atom is 0.269 e. The monoisotopic (exact) mass is 458 g/mol. The van der Waals surface area contributed by atoms with Crippen molar-refractivity contribution in [3.8, 4) is 0 Å². The van der Waals surface area contributed by atoms with E-state index in [0.717, 1.165) is 27.4 Å². The molecule has 10 heteroatoms. The Balaban J connectivity index is 1.56. The summed E-state index contributed by atoms with van der Waals surface area (Å²) in [5, 5.41) is 0. The fraction of sp³-hybridized carbons (Fsp3) is 0.182. The van der Waals surface area contributed by atoms with Crippen LogP contribution in [-0.2, 0) is 16.6 Å². The van der Waals surface area contributed by atoms with Crippen LogP contribution >= 0.6 is 0 Å².